The molecule has 1 aliphatic carbocycles. The second kappa shape index (κ2) is 17.5. The van der Waals surface area contributed by atoms with E-state index in [1.54, 1.807) is 18.3 Å². The fraction of sp³-hybridized carbons (Fsp3) is 0.514. The summed E-state index contributed by atoms with van der Waals surface area (Å²) in [5, 5.41) is 17.1. The van der Waals surface area contributed by atoms with Gasteiger partial charge in [-0.3, -0.25) is 14.6 Å². The minimum Gasteiger partial charge on any atom is -0.491 e. The highest BCUT2D eigenvalue weighted by Gasteiger charge is 2.42. The van der Waals surface area contributed by atoms with E-state index in [2.05, 4.69) is 31.3 Å². The highest BCUT2D eigenvalue weighted by atomic mass is 32.2. The number of pyridine rings is 1. The lowest BCUT2D eigenvalue weighted by molar-refractivity contribution is -0.121. The highest BCUT2D eigenvalue weighted by Crippen LogP contribution is 2.33. The molecule has 2 fully saturated rings. The molecule has 0 saturated carbocycles. The van der Waals surface area contributed by atoms with Crippen molar-refractivity contribution >= 4 is 29.6 Å². The van der Waals surface area contributed by atoms with Crippen molar-refractivity contribution in [1.82, 2.24) is 36.0 Å². The van der Waals surface area contributed by atoms with Crippen LogP contribution in [-0.2, 0) is 20.7 Å². The molecule has 0 spiro atoms. The van der Waals surface area contributed by atoms with Crippen molar-refractivity contribution in [3.8, 4) is 11.4 Å². The number of thioether (sulfide) groups is 1. The third-order valence-electron chi connectivity index (χ3n) is 8.98. The van der Waals surface area contributed by atoms with Crippen molar-refractivity contribution in [3.63, 3.8) is 0 Å². The quantitative estimate of drug-likeness (QED) is 0.116. The summed E-state index contributed by atoms with van der Waals surface area (Å²) in [6, 6.07) is 13.4. The number of hydrogen-bond acceptors (Lipinski definition) is 9. The molecule has 4 atom stereocenters. The Hall–Kier alpha value is -4.14. The molecular formula is C35H45N7O6S. The molecule has 6 rings (SSSR count). The largest absolute Gasteiger partial charge is 0.491 e. The van der Waals surface area contributed by atoms with Crippen molar-refractivity contribution in [3.05, 3.63) is 71.8 Å². The van der Waals surface area contributed by atoms with Crippen LogP contribution in [0, 0.1) is 0 Å². The fourth-order valence-electron chi connectivity index (χ4n) is 6.51. The van der Waals surface area contributed by atoms with E-state index in [-0.39, 0.29) is 36.0 Å². The SMILES string of the molecule is O=C(CCCC[C@@H]1SC[C@@H]2NC(=O)NC21)NCCOCCOCCOc1ccc(-n2ncc3c2CCCC3NC(=O)c2ccccn2)cc1. The maximum Gasteiger partial charge on any atom is 0.315 e. The Bertz CT molecular complexity index is 1540. The van der Waals surface area contributed by atoms with Crippen molar-refractivity contribution < 1.29 is 28.6 Å². The van der Waals surface area contributed by atoms with Gasteiger partial charge in [0, 0.05) is 41.4 Å². The van der Waals surface area contributed by atoms with Gasteiger partial charge in [0.2, 0.25) is 5.91 Å². The Kier molecular flexibility index (Phi) is 12.4. The first-order chi connectivity index (χ1) is 24.0. The standard InChI is InChI=1S/C35H45N7O6S/c43-32(10-2-1-9-31-33-29(23-49-31)40-35(45)41-33)37-16-17-46-18-19-47-20-21-48-25-13-11-24(12-14-25)42-30-8-5-7-27(26(30)22-38-42)39-34(44)28-6-3-4-15-36-28/h3-4,6,11-15,22,27,29,31,33H,1-2,5,7-10,16-21,23H2,(H,37,43)(H,39,44)(H2,40,41,45)/t27?,29-,31-,33?/m0/s1. The third kappa shape index (κ3) is 9.52. The van der Waals surface area contributed by atoms with Gasteiger partial charge in [0.25, 0.3) is 5.91 Å². The molecule has 2 aliphatic heterocycles. The van der Waals surface area contributed by atoms with Crippen molar-refractivity contribution in [2.24, 2.45) is 0 Å². The number of aromatic nitrogens is 3. The molecule has 3 aliphatic rings. The van der Waals surface area contributed by atoms with E-state index in [9.17, 15) is 14.4 Å². The van der Waals surface area contributed by atoms with Gasteiger partial charge in [-0.25, -0.2) is 9.48 Å². The predicted octanol–water partition coefficient (Wildman–Crippen LogP) is 3.33. The Labute approximate surface area is 290 Å². The van der Waals surface area contributed by atoms with E-state index in [0.29, 0.717) is 56.9 Å². The third-order valence-corrected chi connectivity index (χ3v) is 10.5. The molecule has 4 N–H and O–H groups in total. The summed E-state index contributed by atoms with van der Waals surface area (Å²) in [6.45, 7) is 2.65. The number of hydrogen-bond donors (Lipinski definition) is 4. The lowest BCUT2D eigenvalue weighted by atomic mass is 9.92. The monoisotopic (exact) mass is 691 g/mol. The topological polar surface area (TPSA) is 158 Å². The van der Waals surface area contributed by atoms with E-state index >= 15 is 0 Å². The summed E-state index contributed by atoms with van der Waals surface area (Å²) in [4.78, 5) is 40.5. The normalized spacial score (nSPS) is 20.9. The van der Waals surface area contributed by atoms with Gasteiger partial charge in [-0.1, -0.05) is 12.5 Å². The minimum absolute atomic E-state index is 0.0397. The van der Waals surface area contributed by atoms with Crippen LogP contribution < -0.4 is 26.0 Å². The van der Waals surface area contributed by atoms with Crippen LogP contribution >= 0.6 is 11.8 Å². The first-order valence-corrected chi connectivity index (χ1v) is 18.2. The number of benzene rings is 1. The summed E-state index contributed by atoms with van der Waals surface area (Å²) in [5.41, 5.74) is 3.49. The summed E-state index contributed by atoms with van der Waals surface area (Å²) >= 11 is 1.90. The van der Waals surface area contributed by atoms with E-state index in [4.69, 9.17) is 14.2 Å². The van der Waals surface area contributed by atoms with Gasteiger partial charge in [-0.05, 0) is 68.5 Å². The van der Waals surface area contributed by atoms with Crippen molar-refractivity contribution in [1.29, 1.82) is 0 Å². The Morgan fingerprint density at radius 3 is 2.67 bits per heavy atom. The Balaban J connectivity index is 0.794. The zero-order valence-corrected chi connectivity index (χ0v) is 28.4. The van der Waals surface area contributed by atoms with Crippen LogP contribution in [0.5, 0.6) is 5.75 Å². The fourth-order valence-corrected chi connectivity index (χ4v) is 8.05. The van der Waals surface area contributed by atoms with Crippen LogP contribution in [0.2, 0.25) is 0 Å². The lowest BCUT2D eigenvalue weighted by Gasteiger charge is -2.24. The molecule has 14 heteroatoms. The molecule has 49 heavy (non-hydrogen) atoms. The van der Waals surface area contributed by atoms with Crippen molar-refractivity contribution in [2.45, 2.75) is 68.3 Å². The van der Waals surface area contributed by atoms with Crippen LogP contribution in [0.25, 0.3) is 5.69 Å². The molecule has 4 heterocycles. The number of carbonyl (C=O) groups is 3. The number of fused-ring (bicyclic) bond motifs is 2. The summed E-state index contributed by atoms with van der Waals surface area (Å²) in [5.74, 6) is 1.56. The van der Waals surface area contributed by atoms with Gasteiger partial charge in [0.05, 0.1) is 56.4 Å². The zero-order chi connectivity index (χ0) is 33.8. The Morgan fingerprint density at radius 2 is 1.84 bits per heavy atom. The number of ether oxygens (including phenoxy) is 3. The molecule has 2 unspecified atom stereocenters. The summed E-state index contributed by atoms with van der Waals surface area (Å²) in [7, 11) is 0. The zero-order valence-electron chi connectivity index (χ0n) is 27.6. The number of nitrogens with one attached hydrogen (secondary N) is 4. The van der Waals surface area contributed by atoms with Gasteiger partial charge in [-0.15, -0.1) is 0 Å². The molecule has 0 radical (unpaired) electrons. The van der Waals surface area contributed by atoms with E-state index in [1.165, 1.54) is 0 Å². The van der Waals surface area contributed by atoms with Gasteiger partial charge < -0.3 is 35.5 Å². The average molecular weight is 692 g/mol. The molecule has 262 valence electrons. The van der Waals surface area contributed by atoms with Crippen LogP contribution in [0.15, 0.2) is 54.9 Å². The number of nitrogens with zero attached hydrogens (tertiary/aromatic N) is 3. The van der Waals surface area contributed by atoms with E-state index in [1.807, 2.05) is 53.0 Å². The lowest BCUT2D eigenvalue weighted by Crippen LogP contribution is -2.36. The molecule has 4 amide bonds. The molecular weight excluding hydrogens is 646 g/mol. The van der Waals surface area contributed by atoms with Crippen molar-refractivity contribution in [2.75, 3.05) is 45.3 Å². The number of unbranched alkanes of at least 4 members (excludes halogenated alkanes) is 1. The van der Waals surface area contributed by atoms with Gasteiger partial charge >= 0.3 is 6.03 Å². The Morgan fingerprint density at radius 1 is 1.00 bits per heavy atom. The van der Waals surface area contributed by atoms with Gasteiger partial charge in [0.15, 0.2) is 0 Å². The first-order valence-electron chi connectivity index (χ1n) is 17.2. The van der Waals surface area contributed by atoms with Crippen LogP contribution in [0.4, 0.5) is 4.79 Å². The highest BCUT2D eigenvalue weighted by molar-refractivity contribution is 8.00. The molecule has 3 aromatic rings. The second-order valence-corrected chi connectivity index (χ2v) is 13.6. The molecule has 2 aromatic heterocycles. The average Bonchev–Trinajstić information content (AvgIpc) is 3.83. The molecule has 13 nitrogen and oxygen atoms in total. The summed E-state index contributed by atoms with van der Waals surface area (Å²) < 4.78 is 19.0. The number of carbonyl (C=O) groups excluding carboxylic acids is 3. The van der Waals surface area contributed by atoms with E-state index < -0.39 is 0 Å². The van der Waals surface area contributed by atoms with Crippen LogP contribution in [-0.4, -0.2) is 95.3 Å². The summed E-state index contributed by atoms with van der Waals surface area (Å²) in [6.07, 6.45) is 9.50. The second-order valence-electron chi connectivity index (χ2n) is 12.4. The molecule has 0 bridgehead atoms. The van der Waals surface area contributed by atoms with E-state index in [0.717, 1.165) is 67.0 Å². The molecule has 1 aromatic carbocycles. The molecule has 2 saturated heterocycles. The van der Waals surface area contributed by atoms with Gasteiger partial charge in [0.1, 0.15) is 18.1 Å². The van der Waals surface area contributed by atoms with Gasteiger partial charge in [-0.2, -0.15) is 16.9 Å². The number of amides is 4. The smallest absolute Gasteiger partial charge is 0.315 e. The number of rotatable bonds is 18. The number of urea groups is 1. The van der Waals surface area contributed by atoms with Crippen LogP contribution in [0.1, 0.15) is 66.3 Å². The maximum absolute atomic E-state index is 12.7. The first kappa shape index (κ1) is 34.7. The predicted molar refractivity (Wildman–Crippen MR) is 185 cm³/mol. The minimum atomic E-state index is -0.180. The maximum atomic E-state index is 12.7. The van der Waals surface area contributed by atoms with Crippen LogP contribution in [0.3, 0.4) is 0 Å².